The predicted octanol–water partition coefficient (Wildman–Crippen LogP) is 7.17. The molecule has 1 heterocycles. The van der Waals surface area contributed by atoms with Crippen LogP contribution < -0.4 is 4.74 Å². The van der Waals surface area contributed by atoms with Gasteiger partial charge < -0.3 is 4.74 Å². The Hall–Kier alpha value is -1.66. The Labute approximate surface area is 189 Å². The summed E-state index contributed by atoms with van der Waals surface area (Å²) in [5.74, 6) is 2.16. The van der Waals surface area contributed by atoms with Gasteiger partial charge in [0.25, 0.3) is 0 Å². The number of allylic oxidation sites excluding steroid dienone is 1. The van der Waals surface area contributed by atoms with Crippen molar-refractivity contribution in [2.45, 2.75) is 37.4 Å². The van der Waals surface area contributed by atoms with E-state index in [1.165, 1.54) is 0 Å². The number of nitrogens with zero attached hydrogens (tertiary/aromatic N) is 3. The molecule has 4 nitrogen and oxygen atoms in total. The van der Waals surface area contributed by atoms with Crippen LogP contribution >= 0.6 is 46.6 Å². The molecule has 29 heavy (non-hydrogen) atoms. The first kappa shape index (κ1) is 22.0. The molecule has 0 radical (unpaired) electrons. The van der Waals surface area contributed by atoms with E-state index in [2.05, 4.69) is 16.8 Å². The van der Waals surface area contributed by atoms with Crippen molar-refractivity contribution in [1.82, 2.24) is 14.8 Å². The van der Waals surface area contributed by atoms with Gasteiger partial charge in [0.1, 0.15) is 5.75 Å². The highest BCUT2D eigenvalue weighted by Gasteiger charge is 2.19. The summed E-state index contributed by atoms with van der Waals surface area (Å²) >= 11 is 19.8. The SMILES string of the molecule is C=CCn1c(SCc2ccc(Cl)c(Cl)c2)nnc1C(C)Oc1ccc(Cl)c(C)c1. The molecule has 1 atom stereocenters. The summed E-state index contributed by atoms with van der Waals surface area (Å²) in [7, 11) is 0. The number of rotatable bonds is 8. The second kappa shape index (κ2) is 9.90. The summed E-state index contributed by atoms with van der Waals surface area (Å²) in [5.41, 5.74) is 2.02. The fourth-order valence-corrected chi connectivity index (χ4v) is 4.07. The summed E-state index contributed by atoms with van der Waals surface area (Å²) in [4.78, 5) is 0. The van der Waals surface area contributed by atoms with Crippen LogP contribution in [0.4, 0.5) is 0 Å². The number of benzene rings is 2. The molecular formula is C21H20Cl3N3OS. The van der Waals surface area contributed by atoms with Gasteiger partial charge in [-0.25, -0.2) is 0 Å². The first-order chi connectivity index (χ1) is 13.9. The molecule has 0 amide bonds. The van der Waals surface area contributed by atoms with E-state index in [9.17, 15) is 0 Å². The molecule has 1 aromatic heterocycles. The molecule has 0 aliphatic rings. The first-order valence-corrected chi connectivity index (χ1v) is 11.0. The number of halogens is 3. The number of aryl methyl sites for hydroxylation is 1. The Bertz CT molecular complexity index is 1020. The largest absolute Gasteiger partial charge is 0.483 e. The van der Waals surface area contributed by atoms with Crippen LogP contribution in [0.1, 0.15) is 30.0 Å². The van der Waals surface area contributed by atoms with E-state index >= 15 is 0 Å². The minimum Gasteiger partial charge on any atom is -0.483 e. The standard InChI is InChI=1S/C21H20Cl3N3OS/c1-4-9-27-20(14(3)28-16-6-8-17(22)13(2)10-16)25-26-21(27)29-12-15-5-7-18(23)19(24)11-15/h4-8,10-11,14H,1,9,12H2,2-3H3. The van der Waals surface area contributed by atoms with E-state index in [-0.39, 0.29) is 6.10 Å². The second-order valence-corrected chi connectivity index (χ2v) is 8.61. The number of thioether (sulfide) groups is 1. The van der Waals surface area contributed by atoms with Crippen LogP contribution in [-0.2, 0) is 12.3 Å². The van der Waals surface area contributed by atoms with Crippen molar-refractivity contribution in [1.29, 1.82) is 0 Å². The number of hydrogen-bond acceptors (Lipinski definition) is 4. The average molecular weight is 469 g/mol. The van der Waals surface area contributed by atoms with Crippen molar-refractivity contribution < 1.29 is 4.74 Å². The van der Waals surface area contributed by atoms with Crippen LogP contribution in [0.3, 0.4) is 0 Å². The molecule has 0 fully saturated rings. The van der Waals surface area contributed by atoms with Gasteiger partial charge in [0.2, 0.25) is 0 Å². The van der Waals surface area contributed by atoms with Crippen molar-refractivity contribution in [2.24, 2.45) is 0 Å². The van der Waals surface area contributed by atoms with Gasteiger partial charge in [-0.05, 0) is 55.3 Å². The first-order valence-electron chi connectivity index (χ1n) is 8.92. The molecule has 152 valence electrons. The van der Waals surface area contributed by atoms with E-state index in [1.807, 2.05) is 54.8 Å². The van der Waals surface area contributed by atoms with Gasteiger partial charge in [-0.3, -0.25) is 4.57 Å². The maximum absolute atomic E-state index is 6.11. The van der Waals surface area contributed by atoms with Crippen molar-refractivity contribution in [3.8, 4) is 5.75 Å². The van der Waals surface area contributed by atoms with Crippen molar-refractivity contribution >= 4 is 46.6 Å². The van der Waals surface area contributed by atoms with Crippen LogP contribution in [0.25, 0.3) is 0 Å². The quantitative estimate of drug-likeness (QED) is 0.259. The molecule has 2 aromatic carbocycles. The lowest BCUT2D eigenvalue weighted by Gasteiger charge is -2.16. The molecule has 0 saturated heterocycles. The maximum atomic E-state index is 6.11. The third kappa shape index (κ3) is 5.48. The molecule has 0 aliphatic heterocycles. The Balaban J connectivity index is 1.77. The van der Waals surface area contributed by atoms with Gasteiger partial charge in [-0.15, -0.1) is 16.8 Å². The normalized spacial score (nSPS) is 12.0. The Morgan fingerprint density at radius 1 is 1.10 bits per heavy atom. The summed E-state index contributed by atoms with van der Waals surface area (Å²) in [6.45, 7) is 8.32. The molecule has 1 unspecified atom stereocenters. The minimum absolute atomic E-state index is 0.289. The molecule has 3 rings (SSSR count). The number of aromatic nitrogens is 3. The Morgan fingerprint density at radius 2 is 1.86 bits per heavy atom. The second-order valence-electron chi connectivity index (χ2n) is 6.45. The van der Waals surface area contributed by atoms with E-state index in [0.717, 1.165) is 27.9 Å². The molecule has 0 spiro atoms. The van der Waals surface area contributed by atoms with Crippen molar-refractivity contribution in [2.75, 3.05) is 0 Å². The fourth-order valence-electron chi connectivity index (χ4n) is 2.73. The van der Waals surface area contributed by atoms with E-state index < -0.39 is 0 Å². The molecular weight excluding hydrogens is 449 g/mol. The summed E-state index contributed by atoms with van der Waals surface area (Å²) in [6, 6.07) is 11.2. The lowest BCUT2D eigenvalue weighted by atomic mass is 10.2. The summed E-state index contributed by atoms with van der Waals surface area (Å²) < 4.78 is 8.07. The number of hydrogen-bond donors (Lipinski definition) is 0. The number of ether oxygens (including phenoxy) is 1. The van der Waals surface area contributed by atoms with E-state index in [0.29, 0.717) is 27.4 Å². The van der Waals surface area contributed by atoms with Crippen molar-refractivity contribution in [3.63, 3.8) is 0 Å². The summed E-state index contributed by atoms with van der Waals surface area (Å²) in [5, 5.41) is 11.3. The van der Waals surface area contributed by atoms with Gasteiger partial charge in [-0.2, -0.15) is 0 Å². The molecule has 0 bridgehead atoms. The highest BCUT2D eigenvalue weighted by atomic mass is 35.5. The highest BCUT2D eigenvalue weighted by Crippen LogP contribution is 2.30. The van der Waals surface area contributed by atoms with Gasteiger partial charge in [0, 0.05) is 17.3 Å². The third-order valence-corrected chi connectivity index (χ3v) is 6.42. The smallest absolute Gasteiger partial charge is 0.191 e. The van der Waals surface area contributed by atoms with Crippen LogP contribution in [0.5, 0.6) is 5.75 Å². The van der Waals surface area contributed by atoms with Crippen LogP contribution in [0, 0.1) is 6.92 Å². The predicted molar refractivity (Wildman–Crippen MR) is 121 cm³/mol. The lowest BCUT2D eigenvalue weighted by Crippen LogP contribution is -2.12. The third-order valence-electron chi connectivity index (χ3n) is 4.21. The van der Waals surface area contributed by atoms with Crippen LogP contribution in [-0.4, -0.2) is 14.8 Å². The zero-order chi connectivity index (χ0) is 21.0. The summed E-state index contributed by atoms with van der Waals surface area (Å²) in [6.07, 6.45) is 1.53. The van der Waals surface area contributed by atoms with E-state index in [1.54, 1.807) is 17.8 Å². The van der Waals surface area contributed by atoms with Gasteiger partial charge in [0.05, 0.1) is 10.0 Å². The monoisotopic (exact) mass is 467 g/mol. The maximum Gasteiger partial charge on any atom is 0.191 e. The Kier molecular flexibility index (Phi) is 7.52. The molecule has 0 N–H and O–H groups in total. The average Bonchev–Trinajstić information content (AvgIpc) is 3.09. The zero-order valence-corrected chi connectivity index (χ0v) is 19.1. The van der Waals surface area contributed by atoms with Gasteiger partial charge in [0.15, 0.2) is 17.1 Å². The van der Waals surface area contributed by atoms with Gasteiger partial charge in [-0.1, -0.05) is 58.7 Å². The lowest BCUT2D eigenvalue weighted by molar-refractivity contribution is 0.210. The molecule has 0 saturated carbocycles. The fraction of sp³-hybridized carbons (Fsp3) is 0.238. The van der Waals surface area contributed by atoms with Gasteiger partial charge >= 0.3 is 0 Å². The molecule has 3 aromatic rings. The Morgan fingerprint density at radius 3 is 2.55 bits per heavy atom. The molecule has 0 aliphatic carbocycles. The van der Waals surface area contributed by atoms with E-state index in [4.69, 9.17) is 39.5 Å². The molecule has 8 heteroatoms. The topological polar surface area (TPSA) is 39.9 Å². The highest BCUT2D eigenvalue weighted by molar-refractivity contribution is 7.98. The van der Waals surface area contributed by atoms with Crippen LogP contribution in [0.2, 0.25) is 15.1 Å². The minimum atomic E-state index is -0.289. The van der Waals surface area contributed by atoms with Crippen molar-refractivity contribution in [3.05, 3.63) is 81.1 Å². The van der Waals surface area contributed by atoms with Crippen LogP contribution in [0.15, 0.2) is 54.2 Å². The zero-order valence-electron chi connectivity index (χ0n) is 16.0.